The molecule has 116 valence electrons. The first-order valence-electron chi connectivity index (χ1n) is 7.33. The predicted molar refractivity (Wildman–Crippen MR) is 86.0 cm³/mol. The van der Waals surface area contributed by atoms with Gasteiger partial charge in [0.1, 0.15) is 5.82 Å². The maximum absolute atomic E-state index is 12.8. The molecule has 2 aromatic carbocycles. The largest absolute Gasteiger partial charge is 0.352 e. The fourth-order valence-corrected chi connectivity index (χ4v) is 2.27. The second kappa shape index (κ2) is 6.87. The van der Waals surface area contributed by atoms with Crippen molar-refractivity contribution < 1.29 is 9.18 Å². The minimum atomic E-state index is -0.254. The number of amides is 1. The molecule has 0 aliphatic rings. The Kier molecular flexibility index (Phi) is 4.47. The first kappa shape index (κ1) is 15.0. The van der Waals surface area contributed by atoms with E-state index in [0.29, 0.717) is 18.5 Å². The monoisotopic (exact) mass is 309 g/mol. The summed E-state index contributed by atoms with van der Waals surface area (Å²) in [6.45, 7) is 0.508. The van der Waals surface area contributed by atoms with E-state index < -0.39 is 0 Å². The zero-order chi connectivity index (χ0) is 16.1. The summed E-state index contributed by atoms with van der Waals surface area (Å²) in [7, 11) is 0. The van der Waals surface area contributed by atoms with Gasteiger partial charge in [-0.05, 0) is 48.4 Å². The van der Waals surface area contributed by atoms with Crippen molar-refractivity contribution >= 4 is 5.91 Å². The standard InChI is InChI=1S/C18H16FN3O/c19-16-5-1-14(2-6-16)9-10-21-18(23)15-3-7-17(8-4-15)22-12-11-20-13-22/h1-8,11-13H,9-10H2,(H,21,23). The summed E-state index contributed by atoms with van der Waals surface area (Å²) >= 11 is 0. The highest BCUT2D eigenvalue weighted by molar-refractivity contribution is 5.94. The average Bonchev–Trinajstić information content (AvgIpc) is 3.11. The van der Waals surface area contributed by atoms with Gasteiger partial charge in [-0.2, -0.15) is 0 Å². The summed E-state index contributed by atoms with van der Waals surface area (Å²) < 4.78 is 14.7. The van der Waals surface area contributed by atoms with Crippen LogP contribution in [0.1, 0.15) is 15.9 Å². The van der Waals surface area contributed by atoms with E-state index in [2.05, 4.69) is 10.3 Å². The fraction of sp³-hybridized carbons (Fsp3) is 0.111. The summed E-state index contributed by atoms with van der Waals surface area (Å²) in [5, 5.41) is 2.86. The molecule has 0 aliphatic heterocycles. The third-order valence-electron chi connectivity index (χ3n) is 3.54. The van der Waals surface area contributed by atoms with Crippen molar-refractivity contribution in [1.29, 1.82) is 0 Å². The van der Waals surface area contributed by atoms with E-state index in [4.69, 9.17) is 0 Å². The van der Waals surface area contributed by atoms with Crippen LogP contribution >= 0.6 is 0 Å². The lowest BCUT2D eigenvalue weighted by Crippen LogP contribution is -2.25. The molecule has 0 atom stereocenters. The van der Waals surface area contributed by atoms with Gasteiger partial charge in [0.15, 0.2) is 0 Å². The number of hydrogen-bond donors (Lipinski definition) is 1. The van der Waals surface area contributed by atoms with Crippen molar-refractivity contribution in [2.24, 2.45) is 0 Å². The van der Waals surface area contributed by atoms with Gasteiger partial charge in [-0.3, -0.25) is 4.79 Å². The molecule has 3 rings (SSSR count). The zero-order valence-corrected chi connectivity index (χ0v) is 12.4. The summed E-state index contributed by atoms with van der Waals surface area (Å²) in [6, 6.07) is 13.6. The van der Waals surface area contributed by atoms with E-state index in [0.717, 1.165) is 11.3 Å². The highest BCUT2D eigenvalue weighted by atomic mass is 19.1. The van der Waals surface area contributed by atoms with Crippen LogP contribution in [0.5, 0.6) is 0 Å². The number of carbonyl (C=O) groups excluding carboxylic acids is 1. The van der Waals surface area contributed by atoms with Crippen LogP contribution in [0.3, 0.4) is 0 Å². The molecule has 0 bridgehead atoms. The molecule has 1 amide bonds. The van der Waals surface area contributed by atoms with E-state index in [1.165, 1.54) is 12.1 Å². The summed E-state index contributed by atoms with van der Waals surface area (Å²) in [4.78, 5) is 16.1. The number of benzene rings is 2. The van der Waals surface area contributed by atoms with Crippen LogP contribution in [0.2, 0.25) is 0 Å². The van der Waals surface area contributed by atoms with Crippen LogP contribution in [0, 0.1) is 5.82 Å². The molecule has 0 saturated carbocycles. The Morgan fingerprint density at radius 2 is 1.83 bits per heavy atom. The number of aromatic nitrogens is 2. The lowest BCUT2D eigenvalue weighted by Gasteiger charge is -2.07. The van der Waals surface area contributed by atoms with Crippen LogP contribution in [-0.4, -0.2) is 22.0 Å². The quantitative estimate of drug-likeness (QED) is 0.787. The number of imidazole rings is 1. The van der Waals surface area contributed by atoms with Gasteiger partial charge >= 0.3 is 0 Å². The van der Waals surface area contributed by atoms with E-state index in [1.807, 2.05) is 22.9 Å². The molecule has 1 heterocycles. The van der Waals surface area contributed by atoms with Crippen LogP contribution in [-0.2, 0) is 6.42 Å². The minimum absolute atomic E-state index is 0.121. The molecule has 0 unspecified atom stereocenters. The maximum Gasteiger partial charge on any atom is 0.251 e. The van der Waals surface area contributed by atoms with Gasteiger partial charge in [0.05, 0.1) is 6.33 Å². The Balaban J connectivity index is 1.55. The molecule has 0 saturated heterocycles. The molecule has 0 fully saturated rings. The number of carbonyl (C=O) groups is 1. The van der Waals surface area contributed by atoms with E-state index in [9.17, 15) is 9.18 Å². The van der Waals surface area contributed by atoms with Crippen molar-refractivity contribution in [3.05, 3.63) is 84.2 Å². The zero-order valence-electron chi connectivity index (χ0n) is 12.4. The Morgan fingerprint density at radius 1 is 1.09 bits per heavy atom. The number of rotatable bonds is 5. The predicted octanol–water partition coefficient (Wildman–Crippen LogP) is 2.98. The Bertz CT molecular complexity index is 765. The second-order valence-corrected chi connectivity index (χ2v) is 5.15. The highest BCUT2D eigenvalue weighted by Gasteiger charge is 2.05. The Labute approximate surface area is 133 Å². The number of halogens is 1. The third kappa shape index (κ3) is 3.83. The molecule has 23 heavy (non-hydrogen) atoms. The SMILES string of the molecule is O=C(NCCc1ccc(F)cc1)c1ccc(-n2ccnc2)cc1. The van der Waals surface area contributed by atoms with Gasteiger partial charge in [0.2, 0.25) is 0 Å². The summed E-state index contributed by atoms with van der Waals surface area (Å²) in [5.74, 6) is -0.375. The molecular formula is C18H16FN3O. The van der Waals surface area contributed by atoms with Crippen LogP contribution in [0.4, 0.5) is 4.39 Å². The maximum atomic E-state index is 12.8. The Hall–Kier alpha value is -2.95. The average molecular weight is 309 g/mol. The third-order valence-corrected chi connectivity index (χ3v) is 3.54. The van der Waals surface area contributed by atoms with Crippen molar-refractivity contribution in [3.63, 3.8) is 0 Å². The lowest BCUT2D eigenvalue weighted by atomic mass is 10.1. The van der Waals surface area contributed by atoms with Crippen molar-refractivity contribution in [2.45, 2.75) is 6.42 Å². The van der Waals surface area contributed by atoms with Crippen LogP contribution in [0.25, 0.3) is 5.69 Å². The van der Waals surface area contributed by atoms with Crippen molar-refractivity contribution in [2.75, 3.05) is 6.54 Å². The summed E-state index contributed by atoms with van der Waals surface area (Å²) in [6.07, 6.45) is 5.92. The first-order chi connectivity index (χ1) is 11.2. The van der Waals surface area contributed by atoms with Gasteiger partial charge < -0.3 is 9.88 Å². The molecule has 4 nitrogen and oxygen atoms in total. The molecule has 1 N–H and O–H groups in total. The minimum Gasteiger partial charge on any atom is -0.352 e. The van der Waals surface area contributed by atoms with E-state index in [-0.39, 0.29) is 11.7 Å². The second-order valence-electron chi connectivity index (χ2n) is 5.15. The molecular weight excluding hydrogens is 293 g/mol. The van der Waals surface area contributed by atoms with Crippen molar-refractivity contribution in [1.82, 2.24) is 14.9 Å². The smallest absolute Gasteiger partial charge is 0.251 e. The molecule has 0 aliphatic carbocycles. The number of nitrogens with zero attached hydrogens (tertiary/aromatic N) is 2. The van der Waals surface area contributed by atoms with Gasteiger partial charge in [0.25, 0.3) is 5.91 Å². The fourth-order valence-electron chi connectivity index (χ4n) is 2.27. The van der Waals surface area contributed by atoms with Crippen molar-refractivity contribution in [3.8, 4) is 5.69 Å². The number of nitrogens with one attached hydrogen (secondary N) is 1. The molecule has 3 aromatic rings. The highest BCUT2D eigenvalue weighted by Crippen LogP contribution is 2.09. The lowest BCUT2D eigenvalue weighted by molar-refractivity contribution is 0.0954. The molecule has 0 spiro atoms. The number of hydrogen-bond acceptors (Lipinski definition) is 2. The van der Waals surface area contributed by atoms with E-state index >= 15 is 0 Å². The van der Waals surface area contributed by atoms with Crippen LogP contribution in [0.15, 0.2) is 67.3 Å². The first-order valence-corrected chi connectivity index (χ1v) is 7.33. The summed E-state index contributed by atoms with van der Waals surface area (Å²) in [5.41, 5.74) is 2.54. The topological polar surface area (TPSA) is 46.9 Å². The van der Waals surface area contributed by atoms with Gasteiger partial charge in [-0.1, -0.05) is 12.1 Å². The van der Waals surface area contributed by atoms with Crippen LogP contribution < -0.4 is 5.32 Å². The van der Waals surface area contributed by atoms with Gasteiger partial charge in [-0.25, -0.2) is 9.37 Å². The van der Waals surface area contributed by atoms with Gasteiger partial charge in [-0.15, -0.1) is 0 Å². The molecule has 5 heteroatoms. The van der Waals surface area contributed by atoms with E-state index in [1.54, 1.807) is 36.8 Å². The van der Waals surface area contributed by atoms with Gasteiger partial charge in [0, 0.05) is 30.2 Å². The Morgan fingerprint density at radius 3 is 2.48 bits per heavy atom. The molecule has 0 radical (unpaired) electrons. The normalized spacial score (nSPS) is 10.5. The molecule has 1 aromatic heterocycles.